The molecule has 0 aliphatic heterocycles. The molecule has 0 fully saturated rings. The Labute approximate surface area is 124 Å². The first-order chi connectivity index (χ1) is 10.1. The van der Waals surface area contributed by atoms with Crippen LogP contribution < -0.4 is 5.73 Å². The molecule has 4 N–H and O–H groups in total. The van der Waals surface area contributed by atoms with Crippen LogP contribution in [0.3, 0.4) is 0 Å². The number of nitrogens with two attached hydrogens (primary N) is 1. The molecular formula is C18H19N3. The molecule has 1 aliphatic rings. The van der Waals surface area contributed by atoms with Gasteiger partial charge in [0.25, 0.3) is 0 Å². The van der Waals surface area contributed by atoms with Crippen molar-refractivity contribution in [3.63, 3.8) is 0 Å². The summed E-state index contributed by atoms with van der Waals surface area (Å²) in [5, 5.41) is 9.19. The van der Waals surface area contributed by atoms with E-state index in [0.717, 1.165) is 39.9 Å². The molecular weight excluding hydrogens is 258 g/mol. The molecule has 1 heterocycles. The zero-order valence-corrected chi connectivity index (χ0v) is 12.1. The highest BCUT2D eigenvalue weighted by atomic mass is 14.8. The monoisotopic (exact) mass is 277 g/mol. The molecule has 3 rings (SSSR count). The highest BCUT2D eigenvalue weighted by molar-refractivity contribution is 6.14. The Morgan fingerprint density at radius 1 is 1.43 bits per heavy atom. The van der Waals surface area contributed by atoms with Crippen LogP contribution in [0, 0.1) is 11.3 Å². The minimum absolute atomic E-state index is 0.426. The number of nitrogen functional groups attached to an aromatic ring is 1. The predicted octanol–water partition coefficient (Wildman–Crippen LogP) is 4.31. The summed E-state index contributed by atoms with van der Waals surface area (Å²) < 4.78 is 0. The molecule has 0 saturated heterocycles. The molecule has 0 spiro atoms. The number of aromatic amines is 1. The van der Waals surface area contributed by atoms with E-state index in [9.17, 15) is 0 Å². The predicted molar refractivity (Wildman–Crippen MR) is 90.5 cm³/mol. The van der Waals surface area contributed by atoms with Crippen LogP contribution in [0.25, 0.3) is 16.5 Å². The number of aromatic nitrogens is 1. The average Bonchev–Trinajstić information content (AvgIpc) is 2.81. The van der Waals surface area contributed by atoms with Gasteiger partial charge in [0.05, 0.1) is 17.1 Å². The number of hydrogen-bond acceptors (Lipinski definition) is 2. The van der Waals surface area contributed by atoms with Crippen molar-refractivity contribution >= 4 is 27.9 Å². The number of fused-ring (bicyclic) bond motifs is 1. The van der Waals surface area contributed by atoms with Gasteiger partial charge in [0.15, 0.2) is 0 Å². The fourth-order valence-electron chi connectivity index (χ4n) is 2.87. The first kappa shape index (κ1) is 13.4. The Hall–Kier alpha value is -2.55. The minimum atomic E-state index is 0.426. The Morgan fingerprint density at radius 2 is 2.19 bits per heavy atom. The van der Waals surface area contributed by atoms with Crippen molar-refractivity contribution in [3.8, 4) is 0 Å². The van der Waals surface area contributed by atoms with Gasteiger partial charge in [-0.2, -0.15) is 0 Å². The van der Waals surface area contributed by atoms with E-state index in [0.29, 0.717) is 11.6 Å². The van der Waals surface area contributed by atoms with E-state index in [-0.39, 0.29) is 0 Å². The molecule has 3 heteroatoms. The van der Waals surface area contributed by atoms with Gasteiger partial charge in [0.2, 0.25) is 0 Å². The number of benzene rings is 1. The molecule has 0 radical (unpaired) electrons. The van der Waals surface area contributed by atoms with Crippen molar-refractivity contribution in [1.29, 1.82) is 5.41 Å². The van der Waals surface area contributed by atoms with Crippen molar-refractivity contribution in [2.45, 2.75) is 13.3 Å². The Bertz CT molecular complexity index is 790. The summed E-state index contributed by atoms with van der Waals surface area (Å²) in [4.78, 5) is 3.37. The number of H-pyrrole nitrogens is 1. The van der Waals surface area contributed by atoms with Gasteiger partial charge in [-0.25, -0.2) is 0 Å². The normalized spacial score (nSPS) is 20.8. The van der Waals surface area contributed by atoms with Crippen LogP contribution in [0.2, 0.25) is 0 Å². The van der Waals surface area contributed by atoms with Crippen LogP contribution in [-0.4, -0.2) is 10.7 Å². The van der Waals surface area contributed by atoms with Gasteiger partial charge in [0.1, 0.15) is 0 Å². The first-order valence-electron chi connectivity index (χ1n) is 7.11. The smallest absolute Gasteiger partial charge is 0.0702 e. The molecule has 1 aromatic carbocycles. The molecule has 1 aromatic heterocycles. The van der Waals surface area contributed by atoms with E-state index in [1.54, 1.807) is 6.08 Å². The SMILES string of the molecule is C=CC(=C1CC(C)C=CC1=N)c1[nH]c2ccccc2c1N. The zero-order valence-electron chi connectivity index (χ0n) is 12.1. The molecule has 1 unspecified atom stereocenters. The van der Waals surface area contributed by atoms with E-state index in [1.807, 2.05) is 30.3 Å². The van der Waals surface area contributed by atoms with Gasteiger partial charge < -0.3 is 16.1 Å². The van der Waals surface area contributed by atoms with Crippen molar-refractivity contribution in [2.75, 3.05) is 5.73 Å². The molecule has 0 amide bonds. The summed E-state index contributed by atoms with van der Waals surface area (Å²) in [6.07, 6.45) is 6.58. The average molecular weight is 277 g/mol. The van der Waals surface area contributed by atoms with Crippen molar-refractivity contribution < 1.29 is 0 Å². The van der Waals surface area contributed by atoms with Crippen molar-refractivity contribution in [3.05, 3.63) is 60.3 Å². The lowest BCUT2D eigenvalue weighted by molar-refractivity contribution is 0.725. The summed E-state index contributed by atoms with van der Waals surface area (Å²) in [6.45, 7) is 6.08. The zero-order chi connectivity index (χ0) is 15.0. The van der Waals surface area contributed by atoms with E-state index in [2.05, 4.69) is 24.6 Å². The van der Waals surface area contributed by atoms with Crippen LogP contribution in [0.4, 0.5) is 5.69 Å². The molecule has 21 heavy (non-hydrogen) atoms. The van der Waals surface area contributed by atoms with Crippen molar-refractivity contribution in [2.24, 2.45) is 5.92 Å². The largest absolute Gasteiger partial charge is 0.396 e. The maximum absolute atomic E-state index is 8.18. The van der Waals surface area contributed by atoms with Crippen LogP contribution in [0.1, 0.15) is 19.0 Å². The second kappa shape index (κ2) is 5.09. The van der Waals surface area contributed by atoms with Crippen LogP contribution in [-0.2, 0) is 0 Å². The molecule has 1 atom stereocenters. The van der Waals surface area contributed by atoms with Gasteiger partial charge in [-0.3, -0.25) is 0 Å². The summed E-state index contributed by atoms with van der Waals surface area (Å²) in [7, 11) is 0. The fraction of sp³-hybridized carbons (Fsp3) is 0.167. The minimum Gasteiger partial charge on any atom is -0.396 e. The molecule has 0 bridgehead atoms. The lowest BCUT2D eigenvalue weighted by atomic mass is 9.87. The number of allylic oxidation sites excluding steroid dienone is 5. The van der Waals surface area contributed by atoms with E-state index < -0.39 is 0 Å². The van der Waals surface area contributed by atoms with Crippen molar-refractivity contribution in [1.82, 2.24) is 4.98 Å². The fourth-order valence-corrected chi connectivity index (χ4v) is 2.87. The van der Waals surface area contributed by atoms with Crippen LogP contribution >= 0.6 is 0 Å². The Morgan fingerprint density at radius 3 is 2.90 bits per heavy atom. The lowest BCUT2D eigenvalue weighted by Gasteiger charge is -2.19. The third-order valence-electron chi connectivity index (χ3n) is 3.99. The molecule has 1 aliphatic carbocycles. The van der Waals surface area contributed by atoms with E-state index in [4.69, 9.17) is 11.1 Å². The third-order valence-corrected chi connectivity index (χ3v) is 3.99. The topological polar surface area (TPSA) is 65.7 Å². The first-order valence-corrected chi connectivity index (χ1v) is 7.11. The molecule has 106 valence electrons. The van der Waals surface area contributed by atoms with Gasteiger partial charge in [-0.15, -0.1) is 0 Å². The number of anilines is 1. The highest BCUT2D eigenvalue weighted by Gasteiger charge is 2.19. The molecule has 3 nitrogen and oxygen atoms in total. The van der Waals surface area contributed by atoms with Crippen LogP contribution in [0.15, 0.2) is 54.6 Å². The maximum atomic E-state index is 8.18. The standard InChI is InChI=1S/C18H19N3/c1-3-12(14-10-11(2)8-9-15(14)19)18-17(20)13-6-4-5-7-16(13)21-18/h3-9,11,19,21H,1,10,20H2,2H3. The second-order valence-electron chi connectivity index (χ2n) is 5.51. The van der Waals surface area contributed by atoms with E-state index >= 15 is 0 Å². The summed E-state index contributed by atoms with van der Waals surface area (Å²) >= 11 is 0. The molecule has 2 aromatic rings. The molecule has 0 saturated carbocycles. The van der Waals surface area contributed by atoms with Gasteiger partial charge in [-0.1, -0.05) is 43.9 Å². The quantitative estimate of drug-likeness (QED) is 0.752. The lowest BCUT2D eigenvalue weighted by Crippen LogP contribution is -2.11. The number of para-hydroxylation sites is 1. The summed E-state index contributed by atoms with van der Waals surface area (Å²) in [6, 6.07) is 7.97. The summed E-state index contributed by atoms with van der Waals surface area (Å²) in [5.41, 5.74) is 11.4. The Kier molecular flexibility index (Phi) is 3.26. The van der Waals surface area contributed by atoms with E-state index in [1.165, 1.54) is 0 Å². The number of nitrogens with one attached hydrogen (secondary N) is 2. The highest BCUT2D eigenvalue weighted by Crippen LogP contribution is 2.35. The third kappa shape index (κ3) is 2.21. The maximum Gasteiger partial charge on any atom is 0.0702 e. The Balaban J connectivity index is 2.23. The van der Waals surface area contributed by atoms with Gasteiger partial charge in [-0.05, 0) is 30.1 Å². The number of hydrogen-bond donors (Lipinski definition) is 3. The second-order valence-corrected chi connectivity index (χ2v) is 5.51. The summed E-state index contributed by atoms with van der Waals surface area (Å²) in [5.74, 6) is 0.426. The number of rotatable bonds is 2. The van der Waals surface area contributed by atoms with Gasteiger partial charge in [0, 0.05) is 16.5 Å². The van der Waals surface area contributed by atoms with Crippen LogP contribution in [0.5, 0.6) is 0 Å². The van der Waals surface area contributed by atoms with Gasteiger partial charge >= 0.3 is 0 Å².